The second-order valence-electron chi connectivity index (χ2n) is 7.42. The van der Waals surface area contributed by atoms with Crippen LogP contribution in [0, 0.1) is 11.3 Å². The van der Waals surface area contributed by atoms with Crippen LogP contribution in [0.4, 0.5) is 13.2 Å². The molecular weight excluding hydrogens is 509 g/mol. The Bertz CT molecular complexity index is 1330. The Morgan fingerprint density at radius 1 is 1.37 bits per heavy atom. The van der Waals surface area contributed by atoms with E-state index < -0.39 is 34.9 Å². The van der Waals surface area contributed by atoms with Gasteiger partial charge in [0.15, 0.2) is 5.82 Å². The lowest BCUT2D eigenvalue weighted by Crippen LogP contribution is -2.29. The largest absolute Gasteiger partial charge is 0.573 e. The van der Waals surface area contributed by atoms with Crippen molar-refractivity contribution in [3.63, 3.8) is 0 Å². The van der Waals surface area contributed by atoms with Crippen molar-refractivity contribution in [2.75, 3.05) is 7.11 Å². The van der Waals surface area contributed by atoms with Gasteiger partial charge < -0.3 is 14.8 Å². The first-order chi connectivity index (χ1) is 16.6. The molecule has 15 heteroatoms. The number of halogens is 3. The first kappa shape index (κ1) is 24.6. The van der Waals surface area contributed by atoms with Crippen LogP contribution in [-0.2, 0) is 10.8 Å². The average molecular weight is 527 g/mol. The van der Waals surface area contributed by atoms with Crippen molar-refractivity contribution in [1.82, 2.24) is 25.1 Å². The minimum atomic E-state index is -4.98. The lowest BCUT2D eigenvalue weighted by Gasteiger charge is -2.15. The van der Waals surface area contributed by atoms with Crippen LogP contribution in [0.25, 0.3) is 5.13 Å². The summed E-state index contributed by atoms with van der Waals surface area (Å²) < 4.78 is 61.4. The number of methoxy groups -OCH3 is 1. The standard InChI is InChI=1S/C20H17F3N6O4S2/c1-10(16-27-18(32-2)28-29(16)19-25-9-13(8-24)34-19)26-17(30)11-5-12(33-20(21,22)23)7-15(6-11)35(31)14-3-4-14/h5-7,9-10,14H,3-4H2,1-2H3,(H,26,30). The smallest absolute Gasteiger partial charge is 0.466 e. The molecule has 0 bridgehead atoms. The first-order valence-electron chi connectivity index (χ1n) is 10.1. The van der Waals surface area contributed by atoms with Crippen LogP contribution >= 0.6 is 11.3 Å². The molecule has 0 aliphatic heterocycles. The molecule has 2 heterocycles. The minimum absolute atomic E-state index is 0.0162. The first-order valence-corrected chi connectivity index (χ1v) is 12.1. The Balaban J connectivity index is 1.62. The molecule has 1 aromatic carbocycles. The molecule has 1 aliphatic carbocycles. The highest BCUT2D eigenvalue weighted by Crippen LogP contribution is 2.33. The summed E-state index contributed by atoms with van der Waals surface area (Å²) in [6.45, 7) is 1.58. The molecule has 1 N–H and O–H groups in total. The van der Waals surface area contributed by atoms with Crippen molar-refractivity contribution in [3.8, 4) is 23.0 Å². The van der Waals surface area contributed by atoms with Gasteiger partial charge in [0.05, 0.1) is 30.1 Å². The summed E-state index contributed by atoms with van der Waals surface area (Å²) in [4.78, 5) is 21.7. The quantitative estimate of drug-likeness (QED) is 0.473. The summed E-state index contributed by atoms with van der Waals surface area (Å²) in [7, 11) is -0.217. The molecule has 1 saturated carbocycles. The summed E-state index contributed by atoms with van der Waals surface area (Å²) in [5.74, 6) is -1.18. The molecule has 1 fully saturated rings. The molecule has 2 unspecified atom stereocenters. The van der Waals surface area contributed by atoms with Gasteiger partial charge in [-0.3, -0.25) is 9.00 Å². The number of aromatic nitrogens is 4. The van der Waals surface area contributed by atoms with E-state index in [4.69, 9.17) is 10.00 Å². The second kappa shape index (κ2) is 9.62. The van der Waals surface area contributed by atoms with Gasteiger partial charge in [0.25, 0.3) is 5.91 Å². The Kier molecular flexibility index (Phi) is 6.77. The van der Waals surface area contributed by atoms with Gasteiger partial charge in [-0.1, -0.05) is 11.3 Å². The number of amides is 1. The predicted molar refractivity (Wildman–Crippen MR) is 117 cm³/mol. The van der Waals surface area contributed by atoms with Gasteiger partial charge in [0.1, 0.15) is 16.7 Å². The van der Waals surface area contributed by atoms with Crippen LogP contribution in [0.1, 0.15) is 46.9 Å². The number of nitrogens with one attached hydrogen (secondary N) is 1. The maximum absolute atomic E-state index is 13.0. The maximum atomic E-state index is 13.0. The minimum Gasteiger partial charge on any atom is -0.466 e. The predicted octanol–water partition coefficient (Wildman–Crippen LogP) is 3.26. The van der Waals surface area contributed by atoms with Crippen LogP contribution in [0.5, 0.6) is 11.8 Å². The zero-order chi connectivity index (χ0) is 25.3. The number of alkyl halides is 3. The summed E-state index contributed by atoms with van der Waals surface area (Å²) in [6.07, 6.45) is -2.24. The zero-order valence-corrected chi connectivity index (χ0v) is 19.8. The lowest BCUT2D eigenvalue weighted by molar-refractivity contribution is -0.274. The van der Waals surface area contributed by atoms with Crippen molar-refractivity contribution in [2.24, 2.45) is 0 Å². The van der Waals surface area contributed by atoms with E-state index >= 15 is 0 Å². The third-order valence-electron chi connectivity index (χ3n) is 4.75. The summed E-state index contributed by atoms with van der Waals surface area (Å²) >= 11 is 1.04. The molecule has 184 valence electrons. The fraction of sp³-hybridized carbons (Fsp3) is 0.350. The van der Waals surface area contributed by atoms with Crippen molar-refractivity contribution in [1.29, 1.82) is 5.26 Å². The van der Waals surface area contributed by atoms with E-state index in [1.54, 1.807) is 6.92 Å². The molecule has 0 spiro atoms. The summed E-state index contributed by atoms with van der Waals surface area (Å²) in [6, 6.07) is 4.38. The molecule has 4 rings (SSSR count). The number of nitriles is 1. The van der Waals surface area contributed by atoms with Crippen molar-refractivity contribution >= 4 is 28.0 Å². The lowest BCUT2D eigenvalue weighted by atomic mass is 10.2. The molecule has 0 radical (unpaired) electrons. The molecule has 35 heavy (non-hydrogen) atoms. The van der Waals surface area contributed by atoms with E-state index in [2.05, 4.69) is 25.1 Å². The maximum Gasteiger partial charge on any atom is 0.573 e. The number of carbonyl (C=O) groups excluding carboxylic acids is 1. The number of hydrogen-bond acceptors (Lipinski definition) is 9. The van der Waals surface area contributed by atoms with Gasteiger partial charge in [-0.15, -0.1) is 18.3 Å². The number of thiazole rings is 1. The van der Waals surface area contributed by atoms with Crippen molar-refractivity contribution < 1.29 is 31.6 Å². The van der Waals surface area contributed by atoms with Gasteiger partial charge in [-0.2, -0.15) is 14.9 Å². The molecule has 3 aromatic rings. The summed E-state index contributed by atoms with van der Waals surface area (Å²) in [5.41, 5.74) is -0.165. The third kappa shape index (κ3) is 5.77. The molecule has 2 atom stereocenters. The highest BCUT2D eigenvalue weighted by Gasteiger charge is 2.34. The molecular formula is C20H17F3N6O4S2. The Hall–Kier alpha value is -3.51. The van der Waals surface area contributed by atoms with Crippen LogP contribution in [-0.4, -0.2) is 48.6 Å². The van der Waals surface area contributed by atoms with E-state index in [0.29, 0.717) is 22.9 Å². The van der Waals surface area contributed by atoms with Crippen LogP contribution in [0.2, 0.25) is 0 Å². The third-order valence-corrected chi connectivity index (χ3v) is 7.41. The number of carbonyl (C=O) groups is 1. The fourth-order valence-corrected chi connectivity index (χ4v) is 5.16. The van der Waals surface area contributed by atoms with Gasteiger partial charge in [-0.25, -0.2) is 4.98 Å². The van der Waals surface area contributed by atoms with Crippen molar-refractivity contribution in [2.45, 2.75) is 42.3 Å². The molecule has 1 aliphatic rings. The topological polar surface area (TPSA) is 132 Å². The average Bonchev–Trinajstić information content (AvgIpc) is 3.38. The van der Waals surface area contributed by atoms with E-state index in [9.17, 15) is 22.2 Å². The Labute approximate surface area is 203 Å². The van der Waals surface area contributed by atoms with Crippen LogP contribution < -0.4 is 14.8 Å². The Morgan fingerprint density at radius 3 is 2.71 bits per heavy atom. The molecule has 2 aromatic heterocycles. The van der Waals surface area contributed by atoms with Gasteiger partial charge in [0, 0.05) is 15.7 Å². The fourth-order valence-electron chi connectivity index (χ4n) is 3.06. The Morgan fingerprint density at radius 2 is 2.11 bits per heavy atom. The van der Waals surface area contributed by atoms with E-state index in [1.807, 2.05) is 6.07 Å². The molecule has 10 nitrogen and oxygen atoms in total. The number of rotatable bonds is 8. The normalized spacial score (nSPS) is 15.2. The molecule has 0 saturated heterocycles. The summed E-state index contributed by atoms with van der Waals surface area (Å²) in [5, 5.41) is 16.0. The number of nitrogens with zero attached hydrogens (tertiary/aromatic N) is 5. The van der Waals surface area contributed by atoms with Crippen molar-refractivity contribution in [3.05, 3.63) is 40.7 Å². The van der Waals surface area contributed by atoms with E-state index in [0.717, 1.165) is 23.5 Å². The zero-order valence-electron chi connectivity index (χ0n) is 18.2. The van der Waals surface area contributed by atoms with E-state index in [1.165, 1.54) is 24.1 Å². The highest BCUT2D eigenvalue weighted by molar-refractivity contribution is 7.86. The number of benzene rings is 1. The number of ether oxygens (including phenoxy) is 2. The van der Waals surface area contributed by atoms with Gasteiger partial charge >= 0.3 is 12.4 Å². The highest BCUT2D eigenvalue weighted by atomic mass is 32.2. The van der Waals surface area contributed by atoms with Gasteiger partial charge in [-0.05, 0) is 38.0 Å². The molecule has 1 amide bonds. The SMILES string of the molecule is COc1nc(C(C)NC(=O)c2cc(OC(F)(F)F)cc(S(=O)C3CC3)c2)n(-c2ncc(C#N)s2)n1. The van der Waals surface area contributed by atoms with Crippen LogP contribution in [0.3, 0.4) is 0 Å². The van der Waals surface area contributed by atoms with E-state index in [-0.39, 0.29) is 27.5 Å². The number of hydrogen-bond donors (Lipinski definition) is 1. The van der Waals surface area contributed by atoms with Gasteiger partial charge in [0.2, 0.25) is 5.13 Å². The second-order valence-corrected chi connectivity index (χ2v) is 10.2. The monoisotopic (exact) mass is 526 g/mol. The van der Waals surface area contributed by atoms with Crippen LogP contribution in [0.15, 0.2) is 29.3 Å².